The lowest BCUT2D eigenvalue weighted by atomic mass is 10.2. The largest absolute Gasteiger partial charge is 0.387 e. The summed E-state index contributed by atoms with van der Waals surface area (Å²) in [5, 5.41) is 13.9. The van der Waals surface area contributed by atoms with E-state index in [0.29, 0.717) is 5.56 Å². The maximum Gasteiger partial charge on any atom is 0.240 e. The Morgan fingerprint density at radius 2 is 1.90 bits per heavy atom. The van der Waals surface area contributed by atoms with Crippen molar-refractivity contribution in [3.05, 3.63) is 50.6 Å². The molecule has 20 heavy (non-hydrogen) atoms. The molecule has 0 amide bonds. The van der Waals surface area contributed by atoms with Crippen LogP contribution in [-0.2, 0) is 10.0 Å². The average Bonchev–Trinajstić information content (AvgIpc) is 2.88. The smallest absolute Gasteiger partial charge is 0.240 e. The summed E-state index contributed by atoms with van der Waals surface area (Å²) < 4.78 is 26.5. The fraction of sp³-hybridized carbons (Fsp3) is 0.167. The van der Waals surface area contributed by atoms with Crippen molar-refractivity contribution in [3.8, 4) is 0 Å². The predicted molar refractivity (Wildman–Crippen MR) is 80.9 cm³/mol. The number of aliphatic hydroxyl groups is 1. The topological polar surface area (TPSA) is 66.4 Å². The summed E-state index contributed by atoms with van der Waals surface area (Å²) in [6, 6.07) is 5.78. The molecule has 1 aromatic heterocycles. The lowest BCUT2D eigenvalue weighted by molar-refractivity contribution is 0.182. The van der Waals surface area contributed by atoms with Gasteiger partial charge in [0.25, 0.3) is 0 Å². The first-order chi connectivity index (χ1) is 9.38. The summed E-state index contributed by atoms with van der Waals surface area (Å²) in [4.78, 5) is -0.0347. The van der Waals surface area contributed by atoms with E-state index in [0.717, 1.165) is 0 Å². The third-order valence-corrected chi connectivity index (χ3v) is 5.08. The SMILES string of the molecule is O=S(=O)(NCC(O)c1ccsc1)c1cc(Cl)cc(Cl)c1. The van der Waals surface area contributed by atoms with Gasteiger partial charge in [-0.1, -0.05) is 23.2 Å². The Balaban J connectivity index is 2.11. The number of nitrogens with one attached hydrogen (secondary N) is 1. The van der Waals surface area contributed by atoms with E-state index in [4.69, 9.17) is 23.2 Å². The van der Waals surface area contributed by atoms with Gasteiger partial charge in [-0.3, -0.25) is 0 Å². The maximum absolute atomic E-state index is 12.1. The van der Waals surface area contributed by atoms with Crippen LogP contribution in [0.25, 0.3) is 0 Å². The van der Waals surface area contributed by atoms with Gasteiger partial charge in [-0.2, -0.15) is 11.3 Å². The first-order valence-electron chi connectivity index (χ1n) is 5.54. The van der Waals surface area contributed by atoms with Crippen LogP contribution < -0.4 is 4.72 Å². The van der Waals surface area contributed by atoms with E-state index in [1.54, 1.807) is 11.4 Å². The molecular formula is C12H11Cl2NO3S2. The van der Waals surface area contributed by atoms with E-state index >= 15 is 0 Å². The Morgan fingerprint density at radius 1 is 1.25 bits per heavy atom. The van der Waals surface area contributed by atoms with Crippen molar-refractivity contribution in [2.75, 3.05) is 6.54 Å². The van der Waals surface area contributed by atoms with E-state index in [-0.39, 0.29) is 21.5 Å². The number of thiophene rings is 1. The summed E-state index contributed by atoms with van der Waals surface area (Å²) in [6.07, 6.45) is -0.898. The predicted octanol–water partition coefficient (Wildman–Crippen LogP) is 3.07. The zero-order valence-corrected chi connectivity index (χ0v) is 13.2. The Hall–Kier alpha value is -0.630. The highest BCUT2D eigenvalue weighted by Crippen LogP contribution is 2.22. The molecule has 0 aliphatic heterocycles. The van der Waals surface area contributed by atoms with Crippen LogP contribution in [-0.4, -0.2) is 20.1 Å². The van der Waals surface area contributed by atoms with Crippen LogP contribution in [0.15, 0.2) is 39.9 Å². The van der Waals surface area contributed by atoms with Gasteiger partial charge in [-0.05, 0) is 40.6 Å². The van der Waals surface area contributed by atoms with Crippen LogP contribution in [0.3, 0.4) is 0 Å². The van der Waals surface area contributed by atoms with E-state index in [2.05, 4.69) is 4.72 Å². The van der Waals surface area contributed by atoms with E-state index in [1.165, 1.54) is 29.5 Å². The second-order valence-corrected chi connectivity index (χ2v) is 7.45. The molecule has 2 N–H and O–H groups in total. The Kier molecular flexibility index (Phi) is 5.06. The molecule has 0 saturated heterocycles. The molecule has 0 spiro atoms. The third kappa shape index (κ3) is 3.94. The molecule has 0 saturated carbocycles. The molecule has 4 nitrogen and oxygen atoms in total. The lowest BCUT2D eigenvalue weighted by Crippen LogP contribution is -2.28. The van der Waals surface area contributed by atoms with Gasteiger partial charge in [-0.15, -0.1) is 0 Å². The fourth-order valence-electron chi connectivity index (χ4n) is 1.54. The van der Waals surface area contributed by atoms with Gasteiger partial charge in [0.05, 0.1) is 11.0 Å². The standard InChI is InChI=1S/C12H11Cl2NO3S2/c13-9-3-10(14)5-11(4-9)20(17,18)15-6-12(16)8-1-2-19-7-8/h1-5,7,12,15-16H,6H2. The quantitative estimate of drug-likeness (QED) is 0.869. The highest BCUT2D eigenvalue weighted by Gasteiger charge is 2.18. The molecule has 108 valence electrons. The highest BCUT2D eigenvalue weighted by atomic mass is 35.5. The number of hydrogen-bond donors (Lipinski definition) is 2. The average molecular weight is 352 g/mol. The minimum atomic E-state index is -3.77. The first-order valence-corrected chi connectivity index (χ1v) is 8.72. The van der Waals surface area contributed by atoms with Crippen LogP contribution in [0.2, 0.25) is 10.0 Å². The van der Waals surface area contributed by atoms with Crippen molar-refractivity contribution in [1.29, 1.82) is 0 Å². The number of hydrogen-bond acceptors (Lipinski definition) is 4. The number of aliphatic hydroxyl groups excluding tert-OH is 1. The zero-order chi connectivity index (χ0) is 14.8. The molecule has 2 aromatic rings. The number of rotatable bonds is 5. The van der Waals surface area contributed by atoms with Gasteiger partial charge >= 0.3 is 0 Å². The van der Waals surface area contributed by atoms with Crippen molar-refractivity contribution < 1.29 is 13.5 Å². The second kappa shape index (κ2) is 6.43. The normalized spacial score (nSPS) is 13.3. The molecule has 1 heterocycles. The second-order valence-electron chi connectivity index (χ2n) is 4.03. The van der Waals surface area contributed by atoms with Gasteiger partial charge in [0.15, 0.2) is 0 Å². The molecule has 1 atom stereocenters. The first kappa shape index (κ1) is 15.8. The minimum Gasteiger partial charge on any atom is -0.387 e. The minimum absolute atomic E-state index is 0.0347. The molecule has 1 unspecified atom stereocenters. The molecule has 0 radical (unpaired) electrons. The van der Waals surface area contributed by atoms with Gasteiger partial charge in [-0.25, -0.2) is 13.1 Å². The number of halogens is 2. The van der Waals surface area contributed by atoms with Crippen molar-refractivity contribution in [3.63, 3.8) is 0 Å². The Labute approximate surface area is 131 Å². The van der Waals surface area contributed by atoms with E-state index in [1.807, 2.05) is 5.38 Å². The molecular weight excluding hydrogens is 341 g/mol. The van der Waals surface area contributed by atoms with Gasteiger partial charge in [0.2, 0.25) is 10.0 Å². The summed E-state index contributed by atoms with van der Waals surface area (Å²) >= 11 is 13.0. The molecule has 0 bridgehead atoms. The molecule has 0 fully saturated rings. The molecule has 8 heteroatoms. The van der Waals surface area contributed by atoms with Crippen LogP contribution in [0, 0.1) is 0 Å². The van der Waals surface area contributed by atoms with Crippen LogP contribution >= 0.6 is 34.5 Å². The van der Waals surface area contributed by atoms with Crippen molar-refractivity contribution in [2.24, 2.45) is 0 Å². The van der Waals surface area contributed by atoms with E-state index < -0.39 is 16.1 Å². The van der Waals surface area contributed by atoms with Gasteiger partial charge < -0.3 is 5.11 Å². The summed E-state index contributed by atoms with van der Waals surface area (Å²) in [5.74, 6) is 0. The Bertz CT molecular complexity index is 666. The van der Waals surface area contributed by atoms with Crippen LogP contribution in [0.5, 0.6) is 0 Å². The Morgan fingerprint density at radius 3 is 2.45 bits per heavy atom. The molecule has 1 aromatic carbocycles. The molecule has 2 rings (SSSR count). The summed E-state index contributed by atoms with van der Waals surface area (Å²) in [6.45, 7) is -0.122. The number of benzene rings is 1. The van der Waals surface area contributed by atoms with Crippen LogP contribution in [0.4, 0.5) is 0 Å². The van der Waals surface area contributed by atoms with E-state index in [9.17, 15) is 13.5 Å². The summed E-state index contributed by atoms with van der Waals surface area (Å²) in [5.41, 5.74) is 0.668. The van der Waals surface area contributed by atoms with Gasteiger partial charge in [0.1, 0.15) is 0 Å². The van der Waals surface area contributed by atoms with Crippen LogP contribution in [0.1, 0.15) is 11.7 Å². The van der Waals surface area contributed by atoms with Gasteiger partial charge in [0, 0.05) is 16.6 Å². The lowest BCUT2D eigenvalue weighted by Gasteiger charge is -2.11. The fourth-order valence-corrected chi connectivity index (χ4v) is 4.01. The highest BCUT2D eigenvalue weighted by molar-refractivity contribution is 7.89. The maximum atomic E-state index is 12.1. The number of sulfonamides is 1. The zero-order valence-electron chi connectivity index (χ0n) is 10.1. The van der Waals surface area contributed by atoms with Crippen molar-refractivity contribution in [1.82, 2.24) is 4.72 Å². The third-order valence-electron chi connectivity index (χ3n) is 2.54. The summed E-state index contributed by atoms with van der Waals surface area (Å²) in [7, 11) is -3.77. The molecule has 0 aliphatic rings. The van der Waals surface area contributed by atoms with Crippen molar-refractivity contribution in [2.45, 2.75) is 11.0 Å². The monoisotopic (exact) mass is 351 g/mol. The molecule has 0 aliphatic carbocycles. The van der Waals surface area contributed by atoms with Crippen molar-refractivity contribution >= 4 is 44.6 Å².